The third kappa shape index (κ3) is 4.89. The van der Waals surface area contributed by atoms with E-state index < -0.39 is 0 Å². The van der Waals surface area contributed by atoms with Crippen LogP contribution in [-0.4, -0.2) is 29.2 Å². The van der Waals surface area contributed by atoms with Gasteiger partial charge in [-0.05, 0) is 67.4 Å². The van der Waals surface area contributed by atoms with E-state index >= 15 is 0 Å². The van der Waals surface area contributed by atoms with Gasteiger partial charge in [0.1, 0.15) is 0 Å². The van der Waals surface area contributed by atoms with Gasteiger partial charge in [0, 0.05) is 28.2 Å². The third-order valence-corrected chi connectivity index (χ3v) is 6.84. The summed E-state index contributed by atoms with van der Waals surface area (Å²) >= 11 is 3.37. The van der Waals surface area contributed by atoms with Crippen LogP contribution in [0.4, 0.5) is 0 Å². The lowest BCUT2D eigenvalue weighted by molar-refractivity contribution is 0.355. The Morgan fingerprint density at radius 1 is 0.903 bits per heavy atom. The molecule has 3 heterocycles. The lowest BCUT2D eigenvalue weighted by Crippen LogP contribution is -1.93. The van der Waals surface area contributed by atoms with Gasteiger partial charge in [0.05, 0.1) is 24.8 Å². The molecule has 31 heavy (non-hydrogen) atoms. The molecule has 7 heteroatoms. The first kappa shape index (κ1) is 21.3. The highest BCUT2D eigenvalue weighted by Crippen LogP contribution is 2.41. The number of pyridine rings is 1. The second-order valence-electron chi connectivity index (χ2n) is 6.97. The van der Waals surface area contributed by atoms with E-state index in [0.717, 1.165) is 49.1 Å². The van der Waals surface area contributed by atoms with Crippen LogP contribution in [0.2, 0.25) is 0 Å². The van der Waals surface area contributed by atoms with E-state index in [9.17, 15) is 0 Å². The summed E-state index contributed by atoms with van der Waals surface area (Å²) in [6.45, 7) is 4.00. The first-order valence-corrected chi connectivity index (χ1v) is 11.6. The van der Waals surface area contributed by atoms with Crippen molar-refractivity contribution in [2.45, 2.75) is 24.8 Å². The van der Waals surface area contributed by atoms with Gasteiger partial charge in [-0.3, -0.25) is 4.98 Å². The van der Waals surface area contributed by atoms with Crippen LogP contribution in [0, 0.1) is 13.8 Å². The molecule has 0 spiro atoms. The number of thiophene rings is 1. The van der Waals surface area contributed by atoms with Gasteiger partial charge in [-0.2, -0.15) is 0 Å². The van der Waals surface area contributed by atoms with Gasteiger partial charge in [0.2, 0.25) is 0 Å². The molecule has 3 aromatic heterocycles. The number of benzene rings is 1. The molecule has 0 radical (unpaired) electrons. The number of ether oxygens (including phenoxy) is 2. The summed E-state index contributed by atoms with van der Waals surface area (Å²) in [5, 5.41) is 0.795. The van der Waals surface area contributed by atoms with Crippen molar-refractivity contribution in [1.29, 1.82) is 0 Å². The number of thioether (sulfide) groups is 1. The Bertz CT molecular complexity index is 1170. The Hall–Kier alpha value is -2.90. The summed E-state index contributed by atoms with van der Waals surface area (Å²) in [5.74, 6) is 2.20. The van der Waals surface area contributed by atoms with Crippen LogP contribution in [0.15, 0.2) is 59.9 Å². The lowest BCUT2D eigenvalue weighted by atomic mass is 10.1. The van der Waals surface area contributed by atoms with E-state index in [1.165, 1.54) is 5.56 Å². The number of methoxy groups -OCH3 is 2. The van der Waals surface area contributed by atoms with Gasteiger partial charge in [0.15, 0.2) is 16.7 Å². The van der Waals surface area contributed by atoms with E-state index in [1.54, 1.807) is 37.3 Å². The van der Waals surface area contributed by atoms with Gasteiger partial charge in [-0.25, -0.2) is 9.97 Å². The molecule has 5 nitrogen and oxygen atoms in total. The second kappa shape index (κ2) is 9.49. The maximum atomic E-state index is 5.49. The van der Waals surface area contributed by atoms with Gasteiger partial charge in [-0.1, -0.05) is 17.8 Å². The SMILES string of the molecule is COc1ccc(-c2cc(CSc3nc(C)cc(C)n3)c(-c3ccccn3)s2)cc1OC. The van der Waals surface area contributed by atoms with Crippen LogP contribution >= 0.6 is 23.1 Å². The Morgan fingerprint density at radius 3 is 2.35 bits per heavy atom. The quantitative estimate of drug-likeness (QED) is 0.248. The smallest absolute Gasteiger partial charge is 0.188 e. The summed E-state index contributed by atoms with van der Waals surface area (Å²) in [6, 6.07) is 16.2. The average molecular weight is 450 g/mol. The van der Waals surface area contributed by atoms with E-state index in [1.807, 2.05) is 56.4 Å². The summed E-state index contributed by atoms with van der Waals surface area (Å²) in [6.07, 6.45) is 1.83. The predicted octanol–water partition coefficient (Wildman–Crippen LogP) is 6.19. The molecule has 4 aromatic rings. The number of hydrogen-bond acceptors (Lipinski definition) is 7. The molecule has 0 fully saturated rings. The standard InChI is InChI=1S/C24H23N3O2S2/c1-15-11-16(2)27-24(26-15)30-14-18-13-22(31-23(18)19-7-5-6-10-25-19)17-8-9-20(28-3)21(12-17)29-4/h5-13H,14H2,1-4H3. The minimum absolute atomic E-state index is 0.715. The molecule has 1 aromatic carbocycles. The fourth-order valence-electron chi connectivity index (χ4n) is 3.28. The number of nitrogens with zero attached hydrogens (tertiary/aromatic N) is 3. The molecule has 0 amide bonds. The van der Waals surface area contributed by atoms with E-state index in [4.69, 9.17) is 9.47 Å². The van der Waals surface area contributed by atoms with Crippen LogP contribution in [-0.2, 0) is 5.75 Å². The van der Waals surface area contributed by atoms with E-state index in [2.05, 4.69) is 27.1 Å². The molecule has 4 rings (SSSR count). The maximum absolute atomic E-state index is 5.49. The van der Waals surface area contributed by atoms with Crippen LogP contribution in [0.25, 0.3) is 21.0 Å². The first-order valence-electron chi connectivity index (χ1n) is 9.79. The molecule has 0 aliphatic heterocycles. The first-order chi connectivity index (χ1) is 15.1. The number of aryl methyl sites for hydroxylation is 2. The number of rotatable bonds is 7. The topological polar surface area (TPSA) is 57.1 Å². The second-order valence-corrected chi connectivity index (χ2v) is 8.97. The Morgan fingerprint density at radius 2 is 1.68 bits per heavy atom. The van der Waals surface area contributed by atoms with Crippen LogP contribution in [0.3, 0.4) is 0 Å². The molecule has 0 N–H and O–H groups in total. The molecule has 0 aliphatic rings. The Labute approximate surface area is 190 Å². The summed E-state index contributed by atoms with van der Waals surface area (Å²) < 4.78 is 10.9. The molecular weight excluding hydrogens is 426 g/mol. The zero-order valence-electron chi connectivity index (χ0n) is 17.9. The van der Waals surface area contributed by atoms with Crippen molar-refractivity contribution in [3.8, 4) is 32.5 Å². The molecule has 0 saturated carbocycles. The van der Waals surface area contributed by atoms with Crippen LogP contribution in [0.5, 0.6) is 11.5 Å². The fourth-order valence-corrected chi connectivity index (χ4v) is 5.46. The van der Waals surface area contributed by atoms with Gasteiger partial charge >= 0.3 is 0 Å². The van der Waals surface area contributed by atoms with Gasteiger partial charge < -0.3 is 9.47 Å². The molecule has 0 atom stereocenters. The maximum Gasteiger partial charge on any atom is 0.188 e. The largest absolute Gasteiger partial charge is 0.493 e. The van der Waals surface area contributed by atoms with E-state index in [0.29, 0.717) is 5.75 Å². The zero-order valence-corrected chi connectivity index (χ0v) is 19.5. The fraction of sp³-hybridized carbons (Fsp3) is 0.208. The van der Waals surface area contributed by atoms with Gasteiger partial charge in [0.25, 0.3) is 0 Å². The summed E-state index contributed by atoms with van der Waals surface area (Å²) in [7, 11) is 3.30. The highest BCUT2D eigenvalue weighted by molar-refractivity contribution is 7.98. The molecular formula is C24H23N3O2S2. The Balaban J connectivity index is 1.71. The summed E-state index contributed by atoms with van der Waals surface area (Å²) in [5.41, 5.74) is 5.23. The normalized spacial score (nSPS) is 10.8. The third-order valence-electron chi connectivity index (χ3n) is 4.69. The molecule has 158 valence electrons. The van der Waals surface area contributed by atoms with Crippen molar-refractivity contribution in [2.24, 2.45) is 0 Å². The highest BCUT2D eigenvalue weighted by Gasteiger charge is 2.16. The van der Waals surface area contributed by atoms with Crippen molar-refractivity contribution in [2.75, 3.05) is 14.2 Å². The van der Waals surface area contributed by atoms with Crippen molar-refractivity contribution >= 4 is 23.1 Å². The van der Waals surface area contributed by atoms with Crippen molar-refractivity contribution in [3.05, 3.63) is 71.7 Å². The van der Waals surface area contributed by atoms with E-state index in [-0.39, 0.29) is 0 Å². The zero-order chi connectivity index (χ0) is 21.8. The minimum Gasteiger partial charge on any atom is -0.493 e. The summed E-state index contributed by atoms with van der Waals surface area (Å²) in [4.78, 5) is 16.0. The number of hydrogen-bond donors (Lipinski definition) is 0. The van der Waals surface area contributed by atoms with Crippen molar-refractivity contribution in [1.82, 2.24) is 15.0 Å². The van der Waals surface area contributed by atoms with Crippen LogP contribution < -0.4 is 9.47 Å². The molecule has 0 aliphatic carbocycles. The van der Waals surface area contributed by atoms with Crippen LogP contribution in [0.1, 0.15) is 17.0 Å². The molecule has 0 unspecified atom stereocenters. The monoisotopic (exact) mass is 449 g/mol. The van der Waals surface area contributed by atoms with Crippen molar-refractivity contribution in [3.63, 3.8) is 0 Å². The number of aromatic nitrogens is 3. The van der Waals surface area contributed by atoms with Crippen molar-refractivity contribution < 1.29 is 9.47 Å². The molecule has 0 bridgehead atoms. The lowest BCUT2D eigenvalue weighted by Gasteiger charge is -2.08. The molecule has 0 saturated heterocycles. The van der Waals surface area contributed by atoms with Gasteiger partial charge in [-0.15, -0.1) is 11.3 Å². The average Bonchev–Trinajstić information content (AvgIpc) is 3.21. The predicted molar refractivity (Wildman–Crippen MR) is 127 cm³/mol. The highest BCUT2D eigenvalue weighted by atomic mass is 32.2. The minimum atomic E-state index is 0.715. The Kier molecular flexibility index (Phi) is 6.53.